The molecule has 4 aromatic carbocycles. The molecule has 56 heavy (non-hydrogen) atoms. The number of nitrogens with one attached hydrogen (secondary N) is 2. The number of H-pyrrole nitrogens is 2. The van der Waals surface area contributed by atoms with E-state index in [0.717, 1.165) is 51.1 Å². The highest BCUT2D eigenvalue weighted by Gasteiger charge is 2.25. The Morgan fingerprint density at radius 1 is 0.661 bits per heavy atom. The van der Waals surface area contributed by atoms with Crippen LogP contribution in [0.15, 0.2) is 97.3 Å². The van der Waals surface area contributed by atoms with Crippen LogP contribution in [0.25, 0.3) is 57.2 Å². The van der Waals surface area contributed by atoms with Gasteiger partial charge in [-0.1, -0.05) is 90.1 Å². The molecule has 0 saturated carbocycles. The summed E-state index contributed by atoms with van der Waals surface area (Å²) in [4.78, 5) is 17.9. The fourth-order valence-electron chi connectivity index (χ4n) is 7.57. The van der Waals surface area contributed by atoms with Gasteiger partial charge < -0.3 is 24.5 Å². The second-order valence-electron chi connectivity index (χ2n) is 15.0. The van der Waals surface area contributed by atoms with E-state index in [0.29, 0.717) is 38.5 Å². The summed E-state index contributed by atoms with van der Waals surface area (Å²) in [5.74, 6) is 2.28. The van der Waals surface area contributed by atoms with E-state index in [1.165, 1.54) is 38.9 Å². The summed E-state index contributed by atoms with van der Waals surface area (Å²) < 4.78 is 2.15. The average Bonchev–Trinajstić information content (AvgIpc) is 3.96. The molecule has 1 unspecified atom stereocenters. The van der Waals surface area contributed by atoms with Crippen molar-refractivity contribution in [3.63, 3.8) is 0 Å². The Morgan fingerprint density at radius 3 is 1.93 bits per heavy atom. The first-order valence-corrected chi connectivity index (χ1v) is 19.0. The van der Waals surface area contributed by atoms with Crippen molar-refractivity contribution >= 4 is 12.2 Å². The average molecular weight is 741 g/mol. The molecule has 0 spiro atoms. The van der Waals surface area contributed by atoms with Gasteiger partial charge in [0.05, 0.1) is 55.1 Å². The Bertz CT molecular complexity index is 2580. The smallest absolute Gasteiger partial charge is 0.193 e. The highest BCUT2D eigenvalue weighted by Crippen LogP contribution is 2.32. The number of hydrogen-bond donors (Lipinski definition) is 3. The van der Waals surface area contributed by atoms with E-state index in [2.05, 4.69) is 159 Å². The molecule has 3 N–H and O–H groups in total. The number of aliphatic hydroxyl groups excluding tert-OH is 1. The molecule has 2 aliphatic rings. The quantitative estimate of drug-likeness (QED) is 0.129. The van der Waals surface area contributed by atoms with Crippen molar-refractivity contribution in [3.05, 3.63) is 148 Å². The first-order chi connectivity index (χ1) is 27.2. The summed E-state index contributed by atoms with van der Waals surface area (Å²) in [6.07, 6.45) is 7.50. The van der Waals surface area contributed by atoms with Crippen molar-refractivity contribution < 1.29 is 5.11 Å². The van der Waals surface area contributed by atoms with Crippen molar-refractivity contribution in [2.24, 2.45) is 0 Å². The number of aliphatic hydroxyl groups is 1. The van der Waals surface area contributed by atoms with Gasteiger partial charge in [-0.3, -0.25) is 0 Å². The Hall–Kier alpha value is -6.59. The van der Waals surface area contributed by atoms with Gasteiger partial charge >= 0.3 is 0 Å². The van der Waals surface area contributed by atoms with Crippen LogP contribution in [0.3, 0.4) is 0 Å². The Labute approximate surface area is 326 Å². The van der Waals surface area contributed by atoms with Crippen LogP contribution in [0.4, 0.5) is 0 Å². The summed E-state index contributed by atoms with van der Waals surface area (Å²) >= 11 is 0. The van der Waals surface area contributed by atoms with Crippen LogP contribution in [-0.4, -0.2) is 67.7 Å². The lowest BCUT2D eigenvalue weighted by atomic mass is 9.99. The zero-order valence-corrected chi connectivity index (χ0v) is 32.0. The highest BCUT2D eigenvalue weighted by atomic mass is 16.3. The molecule has 0 amide bonds. The molecule has 0 fully saturated rings. The van der Waals surface area contributed by atoms with Gasteiger partial charge in [0, 0.05) is 30.1 Å². The Balaban J connectivity index is 0.923. The van der Waals surface area contributed by atoms with E-state index in [4.69, 9.17) is 9.97 Å². The maximum absolute atomic E-state index is 11.7. The van der Waals surface area contributed by atoms with Gasteiger partial charge in [0.15, 0.2) is 5.82 Å². The summed E-state index contributed by atoms with van der Waals surface area (Å²) in [5, 5.41) is 26.2. The zero-order valence-electron chi connectivity index (χ0n) is 32.0. The van der Waals surface area contributed by atoms with Crippen LogP contribution in [-0.2, 0) is 26.2 Å². The second-order valence-corrected chi connectivity index (χ2v) is 15.0. The molecule has 0 aliphatic carbocycles. The van der Waals surface area contributed by atoms with E-state index in [9.17, 15) is 5.11 Å². The second kappa shape index (κ2) is 14.6. The molecule has 7 aromatic rings. The molecule has 280 valence electrons. The minimum Gasteiger partial charge on any atom is -0.389 e. The molecular weight excluding hydrogens is 697 g/mol. The zero-order chi connectivity index (χ0) is 38.3. The maximum atomic E-state index is 11.7. The van der Waals surface area contributed by atoms with Crippen molar-refractivity contribution in [1.29, 1.82) is 0 Å². The molecule has 11 nitrogen and oxygen atoms in total. The van der Waals surface area contributed by atoms with Crippen molar-refractivity contribution in [2.45, 2.75) is 60.0 Å². The normalized spacial score (nSPS) is 13.9. The number of hydrogen-bond acceptors (Lipinski definition) is 8. The first kappa shape index (κ1) is 35.1. The lowest BCUT2D eigenvalue weighted by Crippen LogP contribution is -2.33. The number of nitrogens with zero attached hydrogens (tertiary/aromatic N) is 8. The lowest BCUT2D eigenvalue weighted by molar-refractivity contribution is 0.115. The molecular formula is C45H44N10O. The van der Waals surface area contributed by atoms with Crippen molar-refractivity contribution in [2.75, 3.05) is 6.54 Å². The molecule has 2 aliphatic heterocycles. The van der Waals surface area contributed by atoms with Gasteiger partial charge in [0.1, 0.15) is 11.6 Å². The number of imidazole rings is 2. The highest BCUT2D eigenvalue weighted by molar-refractivity contribution is 5.71. The fraction of sp³-hybridized carbons (Fsp3) is 0.222. The van der Waals surface area contributed by atoms with E-state index >= 15 is 0 Å². The molecule has 1 atom stereocenters. The van der Waals surface area contributed by atoms with Gasteiger partial charge in [-0.15, -0.1) is 10.2 Å². The van der Waals surface area contributed by atoms with Crippen molar-refractivity contribution in [3.8, 4) is 45.0 Å². The number of benzene rings is 4. The largest absolute Gasteiger partial charge is 0.389 e. The topological polar surface area (TPSA) is 128 Å². The van der Waals surface area contributed by atoms with Crippen LogP contribution in [0, 0.1) is 27.7 Å². The van der Waals surface area contributed by atoms with Gasteiger partial charge in [-0.05, 0) is 84.4 Å². The van der Waals surface area contributed by atoms with Crippen LogP contribution < -0.4 is 0 Å². The standard InChI is InChI=1S/C45H44N10O/c1-28-5-7-36(21-30(28)3)32-9-13-34(14-10-32)44-46-39-17-19-53(25-40(39)47-44)23-38(56)24-55-42-18-20-54(27-43-49-51-52-50-43)26-41(42)48-45(55)35-15-11-33(12-16-35)37-8-6-29(2)31(4)22-37/h5-22,38,56H,23-27H2,1-4H3,(H,46,47)(H,49,50,51,52). The van der Waals surface area contributed by atoms with Crippen LogP contribution >= 0.6 is 0 Å². The lowest BCUT2D eigenvalue weighted by Gasteiger charge is -2.27. The van der Waals surface area contributed by atoms with E-state index in [1.807, 2.05) is 18.5 Å². The Morgan fingerprint density at radius 2 is 1.29 bits per heavy atom. The molecule has 5 heterocycles. The minimum absolute atomic E-state index is 0.379. The number of tetrazole rings is 1. The fourth-order valence-corrected chi connectivity index (χ4v) is 7.57. The molecule has 9 rings (SSSR count). The third-order valence-electron chi connectivity index (χ3n) is 11.0. The number of β-amino-alcohol motifs (C(OH)–C–C–N with tert-alkyl or cyclic N) is 1. The number of rotatable bonds is 10. The number of fused-ring (bicyclic) bond motifs is 2. The van der Waals surface area contributed by atoms with E-state index < -0.39 is 6.10 Å². The molecule has 0 radical (unpaired) electrons. The minimum atomic E-state index is -0.667. The summed E-state index contributed by atoms with van der Waals surface area (Å²) in [6.45, 7) is 11.1. The van der Waals surface area contributed by atoms with Gasteiger partial charge in [0.25, 0.3) is 0 Å². The van der Waals surface area contributed by atoms with Crippen LogP contribution in [0.1, 0.15) is 50.9 Å². The first-order valence-electron chi connectivity index (χ1n) is 19.0. The van der Waals surface area contributed by atoms with Gasteiger partial charge in [-0.2, -0.15) is 5.21 Å². The summed E-state index contributed by atoms with van der Waals surface area (Å²) in [7, 11) is 0. The Kier molecular flexibility index (Phi) is 9.14. The molecule has 11 heteroatoms. The van der Waals surface area contributed by atoms with E-state index in [-0.39, 0.29) is 0 Å². The predicted octanol–water partition coefficient (Wildman–Crippen LogP) is 7.85. The van der Waals surface area contributed by atoms with E-state index in [1.54, 1.807) is 0 Å². The van der Waals surface area contributed by atoms with Gasteiger partial charge in [-0.25, -0.2) is 9.97 Å². The molecule has 3 aromatic heterocycles. The van der Waals surface area contributed by atoms with Crippen LogP contribution in [0.5, 0.6) is 0 Å². The summed E-state index contributed by atoms with van der Waals surface area (Å²) in [5.41, 5.74) is 15.8. The van der Waals surface area contributed by atoms with Gasteiger partial charge in [0.2, 0.25) is 0 Å². The number of aromatic amines is 2. The van der Waals surface area contributed by atoms with Crippen LogP contribution in [0.2, 0.25) is 0 Å². The SMILES string of the molecule is Cc1ccc(-c2ccc(-c3nc4c([nH]3)CN(CC(O)Cn3c(-c5ccc(-c6ccc(C)c(C)c6)cc5)nc5c3C=CN(Cc3nn[nH]n3)C5)C=C4)cc2)cc1C. The third kappa shape index (κ3) is 7.04. The maximum Gasteiger partial charge on any atom is 0.193 e. The number of aromatic nitrogens is 8. The van der Waals surface area contributed by atoms with Crippen molar-refractivity contribution in [1.82, 2.24) is 49.9 Å². The monoisotopic (exact) mass is 740 g/mol. The molecule has 0 bridgehead atoms. The third-order valence-corrected chi connectivity index (χ3v) is 11.0. The number of aryl methyl sites for hydroxylation is 4. The predicted molar refractivity (Wildman–Crippen MR) is 219 cm³/mol. The molecule has 0 saturated heterocycles. The summed E-state index contributed by atoms with van der Waals surface area (Å²) in [6, 6.07) is 30.3.